The average Bonchev–Trinajstić information content (AvgIpc) is 3.75. The van der Waals surface area contributed by atoms with Crippen LogP contribution in [-0.2, 0) is 28.7 Å². The molecule has 0 aromatic heterocycles. The van der Waals surface area contributed by atoms with Gasteiger partial charge >= 0.3 is 5.97 Å². The summed E-state index contributed by atoms with van der Waals surface area (Å²) in [7, 11) is 0. The van der Waals surface area contributed by atoms with E-state index < -0.39 is 41.7 Å². The van der Waals surface area contributed by atoms with Crippen molar-refractivity contribution in [2.24, 2.45) is 11.8 Å². The highest BCUT2D eigenvalue weighted by molar-refractivity contribution is 9.09. The number of carbonyl (C=O) groups excluding carboxylic acids is 4. The van der Waals surface area contributed by atoms with Gasteiger partial charge in [-0.2, -0.15) is 0 Å². The Bertz CT molecular complexity index is 1590. The van der Waals surface area contributed by atoms with Gasteiger partial charge in [-0.15, -0.1) is 13.2 Å². The molecule has 3 fully saturated rings. The van der Waals surface area contributed by atoms with Crippen molar-refractivity contribution in [3.63, 3.8) is 0 Å². The first-order valence-corrected chi connectivity index (χ1v) is 19.2. The molecule has 3 saturated heterocycles. The van der Waals surface area contributed by atoms with Crippen LogP contribution in [0.25, 0.3) is 0 Å². The van der Waals surface area contributed by atoms with Gasteiger partial charge in [-0.1, -0.05) is 58.4 Å². The zero-order valence-corrected chi connectivity index (χ0v) is 31.7. The number of carbonyl (C=O) groups is 4. The van der Waals surface area contributed by atoms with Crippen LogP contribution in [0.5, 0.6) is 0 Å². The molecule has 11 nitrogen and oxygen atoms in total. The summed E-state index contributed by atoms with van der Waals surface area (Å²) >= 11 is 3.74. The number of likely N-dealkylation sites (tertiary alicyclic amines) is 1. The van der Waals surface area contributed by atoms with E-state index in [1.807, 2.05) is 54.6 Å². The predicted molar refractivity (Wildman–Crippen MR) is 204 cm³/mol. The molecule has 280 valence electrons. The Morgan fingerprint density at radius 1 is 1.08 bits per heavy atom. The van der Waals surface area contributed by atoms with Crippen LogP contribution in [0.2, 0.25) is 0 Å². The van der Waals surface area contributed by atoms with Gasteiger partial charge in [0.05, 0.1) is 24.5 Å². The van der Waals surface area contributed by atoms with Gasteiger partial charge in [0.2, 0.25) is 11.8 Å². The maximum atomic E-state index is 14.9. The minimum absolute atomic E-state index is 0.0451. The van der Waals surface area contributed by atoms with E-state index in [-0.39, 0.29) is 55.2 Å². The summed E-state index contributed by atoms with van der Waals surface area (Å²) < 4.78 is 12.9. The molecule has 2 aromatic carbocycles. The standard InChI is InChI=1S/C40H51BrN4O7/c1-5-9-17-32(47)42-26-31(27-15-11-10-12-16-27)51-39(50)33-34-37(48)45(23-13-14-24-46)36(40(34)25-30(41)35(33)52-40)38(49)44(22-6-2)29-20-18-28(19-21-29)43(7-3)8-4/h5-6,10-12,15-16,18-21,30-31,33-36,46H,1-2,7-9,13-14,17,22-26H2,3-4H3,(H,42,47)/t30?,31-,33-,34+,35-,36-,40+/m1/s1. The molecule has 3 aliphatic heterocycles. The number of aliphatic hydroxyl groups is 1. The van der Waals surface area contributed by atoms with Gasteiger partial charge in [0, 0.05) is 55.4 Å². The number of aliphatic hydroxyl groups excluding tert-OH is 1. The Kier molecular flexibility index (Phi) is 13.3. The lowest BCUT2D eigenvalue weighted by atomic mass is 9.70. The third kappa shape index (κ3) is 7.84. The van der Waals surface area contributed by atoms with Crippen molar-refractivity contribution in [1.29, 1.82) is 0 Å². The number of esters is 1. The van der Waals surface area contributed by atoms with Crippen LogP contribution in [0.15, 0.2) is 79.9 Å². The largest absolute Gasteiger partial charge is 0.455 e. The maximum absolute atomic E-state index is 14.9. The number of allylic oxidation sites excluding steroid dienone is 1. The number of anilines is 2. The van der Waals surface area contributed by atoms with E-state index in [2.05, 4.69) is 53.2 Å². The second-order valence-corrected chi connectivity index (χ2v) is 14.7. The second kappa shape index (κ2) is 17.7. The summed E-state index contributed by atoms with van der Waals surface area (Å²) in [6, 6.07) is 15.9. The first-order chi connectivity index (χ1) is 25.1. The molecule has 12 heteroatoms. The van der Waals surface area contributed by atoms with Crippen LogP contribution in [0.3, 0.4) is 0 Å². The number of ether oxygens (including phenoxy) is 2. The number of nitrogens with zero attached hydrogens (tertiary/aromatic N) is 3. The normalized spacial score (nSPS) is 25.0. The average molecular weight is 780 g/mol. The molecule has 0 saturated carbocycles. The van der Waals surface area contributed by atoms with Crippen LogP contribution in [0, 0.1) is 11.8 Å². The van der Waals surface area contributed by atoms with Gasteiger partial charge in [0.25, 0.3) is 5.91 Å². The zero-order chi connectivity index (χ0) is 37.4. The van der Waals surface area contributed by atoms with Gasteiger partial charge < -0.3 is 34.6 Å². The number of halogens is 1. The Labute approximate surface area is 315 Å². The van der Waals surface area contributed by atoms with Crippen LogP contribution < -0.4 is 15.1 Å². The molecule has 0 radical (unpaired) electrons. The fourth-order valence-electron chi connectivity index (χ4n) is 7.99. The highest BCUT2D eigenvalue weighted by Gasteiger charge is 2.77. The lowest BCUT2D eigenvalue weighted by Gasteiger charge is -2.37. The third-order valence-electron chi connectivity index (χ3n) is 10.5. The monoisotopic (exact) mass is 778 g/mol. The van der Waals surface area contributed by atoms with Crippen molar-refractivity contribution in [3.8, 4) is 0 Å². The molecular weight excluding hydrogens is 728 g/mol. The summed E-state index contributed by atoms with van der Waals surface area (Å²) in [4.78, 5) is 61.4. The number of alkyl halides is 1. The molecule has 2 aromatic rings. The summed E-state index contributed by atoms with van der Waals surface area (Å²) in [5, 5.41) is 12.4. The number of fused-ring (bicyclic) bond motifs is 1. The highest BCUT2D eigenvalue weighted by Crippen LogP contribution is 2.60. The fraction of sp³-hybridized carbons (Fsp3) is 0.500. The molecule has 5 rings (SSSR count). The Balaban J connectivity index is 1.47. The van der Waals surface area contributed by atoms with E-state index in [9.17, 15) is 24.3 Å². The van der Waals surface area contributed by atoms with Crippen LogP contribution in [-0.4, -0.2) is 95.6 Å². The molecule has 2 N–H and O–H groups in total. The number of rotatable bonds is 19. The second-order valence-electron chi connectivity index (χ2n) is 13.5. The van der Waals surface area contributed by atoms with Gasteiger partial charge in [-0.25, -0.2) is 0 Å². The molecule has 3 amide bonds. The molecule has 0 aliphatic carbocycles. The first kappa shape index (κ1) is 39.2. The van der Waals surface area contributed by atoms with Crippen molar-refractivity contribution >= 4 is 51.0 Å². The molecule has 52 heavy (non-hydrogen) atoms. The lowest BCUT2D eigenvalue weighted by Crippen LogP contribution is -2.57. The van der Waals surface area contributed by atoms with Crippen LogP contribution in [0.1, 0.15) is 57.6 Å². The third-order valence-corrected chi connectivity index (χ3v) is 11.3. The lowest BCUT2D eigenvalue weighted by molar-refractivity contribution is -0.160. The molecule has 7 atom stereocenters. The molecule has 1 unspecified atom stereocenters. The summed E-state index contributed by atoms with van der Waals surface area (Å²) in [6.07, 6.45) is 3.81. The van der Waals surface area contributed by atoms with E-state index in [0.717, 1.165) is 18.8 Å². The minimum atomic E-state index is -1.29. The molecule has 1 spiro atoms. The van der Waals surface area contributed by atoms with E-state index >= 15 is 0 Å². The number of amides is 3. The van der Waals surface area contributed by atoms with Gasteiger partial charge in [-0.05, 0) is 69.4 Å². The quantitative estimate of drug-likeness (QED) is 0.0889. The van der Waals surface area contributed by atoms with Crippen molar-refractivity contribution in [3.05, 3.63) is 85.5 Å². The summed E-state index contributed by atoms with van der Waals surface area (Å²) in [5.74, 6) is -3.44. The first-order valence-electron chi connectivity index (χ1n) is 18.3. The molecular formula is C40H51BrN4O7. The Morgan fingerprint density at radius 3 is 2.40 bits per heavy atom. The van der Waals surface area contributed by atoms with Crippen molar-refractivity contribution in [1.82, 2.24) is 10.2 Å². The van der Waals surface area contributed by atoms with Gasteiger partial charge in [0.15, 0.2) is 0 Å². The molecule has 3 heterocycles. The summed E-state index contributed by atoms with van der Waals surface area (Å²) in [5.41, 5.74) is 1.09. The highest BCUT2D eigenvalue weighted by atomic mass is 79.9. The smallest absolute Gasteiger partial charge is 0.313 e. The Morgan fingerprint density at radius 2 is 1.77 bits per heavy atom. The number of unbranched alkanes of at least 4 members (excludes halogenated alkanes) is 1. The summed E-state index contributed by atoms with van der Waals surface area (Å²) in [6.45, 7) is 13.8. The van der Waals surface area contributed by atoms with Gasteiger partial charge in [-0.3, -0.25) is 19.2 Å². The minimum Gasteiger partial charge on any atom is -0.455 e. The van der Waals surface area contributed by atoms with Crippen molar-refractivity contribution in [2.45, 2.75) is 74.6 Å². The van der Waals surface area contributed by atoms with E-state index in [1.54, 1.807) is 22.0 Å². The van der Waals surface area contributed by atoms with E-state index in [0.29, 0.717) is 36.9 Å². The van der Waals surface area contributed by atoms with E-state index in [4.69, 9.17) is 9.47 Å². The Hall–Kier alpha value is -4.00. The molecule has 3 aliphatic rings. The van der Waals surface area contributed by atoms with Crippen molar-refractivity contribution < 1.29 is 33.8 Å². The molecule has 2 bridgehead atoms. The number of benzene rings is 2. The SMILES string of the molecule is C=CCCC(=O)NC[C@@H](OC(=O)[C@H]1[C@@H]2O[C@@]3(CC2Br)[C@@H]1C(=O)N(CCCCO)[C@@H]3C(=O)N(CC=C)c1ccc(N(CC)CC)cc1)c1ccccc1. The van der Waals surface area contributed by atoms with Crippen LogP contribution in [0.4, 0.5) is 11.4 Å². The van der Waals surface area contributed by atoms with Crippen molar-refractivity contribution in [2.75, 3.05) is 49.1 Å². The predicted octanol–water partition coefficient (Wildman–Crippen LogP) is 4.94. The fourth-order valence-corrected chi connectivity index (χ4v) is 8.93. The topological polar surface area (TPSA) is 129 Å². The number of hydrogen-bond acceptors (Lipinski definition) is 8. The number of hydrogen-bond donors (Lipinski definition) is 2. The van der Waals surface area contributed by atoms with Gasteiger partial charge in [0.1, 0.15) is 17.7 Å². The van der Waals surface area contributed by atoms with Crippen LogP contribution >= 0.6 is 15.9 Å². The van der Waals surface area contributed by atoms with E-state index in [1.165, 1.54) is 0 Å². The zero-order valence-electron chi connectivity index (χ0n) is 30.1. The maximum Gasteiger partial charge on any atom is 0.313 e. The number of nitrogens with one attached hydrogen (secondary N) is 1.